The van der Waals surface area contributed by atoms with Gasteiger partial charge < -0.3 is 5.11 Å². The predicted octanol–water partition coefficient (Wildman–Crippen LogP) is 2.42. The molecule has 0 saturated heterocycles. The van der Waals surface area contributed by atoms with E-state index >= 15 is 0 Å². The van der Waals surface area contributed by atoms with Crippen LogP contribution in [0.25, 0.3) is 6.08 Å². The number of carboxylic acids is 1. The second-order valence-electron chi connectivity index (χ2n) is 5.34. The van der Waals surface area contributed by atoms with Gasteiger partial charge in [-0.2, -0.15) is 0 Å². The summed E-state index contributed by atoms with van der Waals surface area (Å²) < 4.78 is 27.1. The molecular formula is C15H21NO4S. The summed E-state index contributed by atoms with van der Waals surface area (Å²) in [7, 11) is -3.57. The first-order valence-electron chi connectivity index (χ1n) is 6.67. The van der Waals surface area contributed by atoms with Gasteiger partial charge in [0.15, 0.2) is 0 Å². The lowest BCUT2D eigenvalue weighted by atomic mass is 10.1. The molecule has 0 saturated carbocycles. The van der Waals surface area contributed by atoms with Crippen molar-refractivity contribution in [3.8, 4) is 0 Å². The maximum absolute atomic E-state index is 12.3. The van der Waals surface area contributed by atoms with Crippen LogP contribution in [0.4, 0.5) is 0 Å². The Hall–Kier alpha value is -1.66. The van der Waals surface area contributed by atoms with Gasteiger partial charge in [-0.25, -0.2) is 17.9 Å². The largest absolute Gasteiger partial charge is 0.478 e. The van der Waals surface area contributed by atoms with Gasteiger partial charge in [0.2, 0.25) is 10.0 Å². The van der Waals surface area contributed by atoms with Gasteiger partial charge in [-0.05, 0) is 49.1 Å². The third-order valence-electron chi connectivity index (χ3n) is 3.30. The molecule has 0 aliphatic rings. The average molecular weight is 311 g/mol. The molecule has 1 atom stereocenters. The molecule has 0 aromatic heterocycles. The van der Waals surface area contributed by atoms with Gasteiger partial charge in [0.1, 0.15) is 0 Å². The Labute approximate surface area is 125 Å². The first kappa shape index (κ1) is 17.4. The van der Waals surface area contributed by atoms with E-state index in [1.54, 1.807) is 13.0 Å². The van der Waals surface area contributed by atoms with Gasteiger partial charge in [-0.3, -0.25) is 0 Å². The molecule has 0 spiro atoms. The third kappa shape index (κ3) is 4.99. The van der Waals surface area contributed by atoms with E-state index in [4.69, 9.17) is 5.11 Å². The second-order valence-corrected chi connectivity index (χ2v) is 7.06. The number of benzene rings is 1. The van der Waals surface area contributed by atoms with Gasteiger partial charge in [0.05, 0.1) is 4.90 Å². The number of hydrogen-bond acceptors (Lipinski definition) is 3. The monoisotopic (exact) mass is 311 g/mol. The number of aliphatic carboxylic acids is 1. The molecule has 1 unspecified atom stereocenters. The van der Waals surface area contributed by atoms with Crippen LogP contribution in [0.15, 0.2) is 29.2 Å². The molecular weight excluding hydrogens is 290 g/mol. The summed E-state index contributed by atoms with van der Waals surface area (Å²) >= 11 is 0. The van der Waals surface area contributed by atoms with E-state index in [1.807, 2.05) is 20.8 Å². The number of hydrogen-bond donors (Lipinski definition) is 2. The van der Waals surface area contributed by atoms with Crippen LogP contribution in [0.2, 0.25) is 0 Å². The molecule has 2 N–H and O–H groups in total. The minimum atomic E-state index is -3.57. The van der Waals surface area contributed by atoms with E-state index in [9.17, 15) is 13.2 Å². The summed E-state index contributed by atoms with van der Waals surface area (Å²) in [6.45, 7) is 7.45. The zero-order valence-corrected chi connectivity index (χ0v) is 13.4. The van der Waals surface area contributed by atoms with Gasteiger partial charge in [0, 0.05) is 12.1 Å². The lowest BCUT2D eigenvalue weighted by molar-refractivity contribution is -0.131. The number of carboxylic acid groups (broad SMARTS) is 1. The van der Waals surface area contributed by atoms with Crippen molar-refractivity contribution < 1.29 is 18.3 Å². The molecule has 0 fully saturated rings. The Morgan fingerprint density at radius 1 is 1.29 bits per heavy atom. The summed E-state index contributed by atoms with van der Waals surface area (Å²) in [5, 5.41) is 8.61. The Morgan fingerprint density at radius 2 is 1.90 bits per heavy atom. The average Bonchev–Trinajstić information content (AvgIpc) is 2.36. The fourth-order valence-electron chi connectivity index (χ4n) is 1.61. The first-order chi connectivity index (χ1) is 9.63. The molecule has 0 amide bonds. The quantitative estimate of drug-likeness (QED) is 0.790. The normalized spacial score (nSPS) is 13.8. The van der Waals surface area contributed by atoms with E-state index in [-0.39, 0.29) is 16.9 Å². The smallest absolute Gasteiger partial charge is 0.328 e. The zero-order valence-electron chi connectivity index (χ0n) is 12.6. The molecule has 0 aliphatic carbocycles. The highest BCUT2D eigenvalue weighted by atomic mass is 32.2. The Kier molecular flexibility index (Phi) is 5.69. The summed E-state index contributed by atoms with van der Waals surface area (Å²) in [5.74, 6) is -0.850. The molecule has 1 aromatic rings. The topological polar surface area (TPSA) is 83.5 Å². The number of nitrogens with one attached hydrogen (secondary N) is 1. The lowest BCUT2D eigenvalue weighted by Gasteiger charge is -2.18. The van der Waals surface area contributed by atoms with Crippen LogP contribution in [0.5, 0.6) is 0 Å². The van der Waals surface area contributed by atoms with Gasteiger partial charge in [-0.15, -0.1) is 0 Å². The molecule has 116 valence electrons. The molecule has 0 bridgehead atoms. The maximum Gasteiger partial charge on any atom is 0.328 e. The van der Waals surface area contributed by atoms with Crippen LogP contribution in [0, 0.1) is 12.8 Å². The fraction of sp³-hybridized carbons (Fsp3) is 0.400. The van der Waals surface area contributed by atoms with Crippen molar-refractivity contribution in [3.63, 3.8) is 0 Å². The Balaban J connectivity index is 3.05. The number of sulfonamides is 1. The highest BCUT2D eigenvalue weighted by molar-refractivity contribution is 7.89. The fourth-order valence-corrected chi connectivity index (χ4v) is 3.09. The molecule has 1 aromatic carbocycles. The summed E-state index contributed by atoms with van der Waals surface area (Å²) in [4.78, 5) is 10.7. The first-order valence-corrected chi connectivity index (χ1v) is 8.16. The van der Waals surface area contributed by atoms with Crippen LogP contribution in [-0.4, -0.2) is 25.5 Å². The molecule has 6 heteroatoms. The lowest BCUT2D eigenvalue weighted by Crippen LogP contribution is -2.36. The highest BCUT2D eigenvalue weighted by Gasteiger charge is 2.19. The number of aryl methyl sites for hydroxylation is 1. The van der Waals surface area contributed by atoms with Crippen molar-refractivity contribution in [2.24, 2.45) is 5.92 Å². The molecule has 21 heavy (non-hydrogen) atoms. The van der Waals surface area contributed by atoms with Crippen molar-refractivity contribution in [2.45, 2.75) is 38.6 Å². The predicted molar refractivity (Wildman–Crippen MR) is 82.5 cm³/mol. The van der Waals surface area contributed by atoms with Crippen molar-refractivity contribution in [2.75, 3.05) is 0 Å². The molecule has 1 rings (SSSR count). The van der Waals surface area contributed by atoms with E-state index in [1.165, 1.54) is 18.2 Å². The van der Waals surface area contributed by atoms with Gasteiger partial charge in [0.25, 0.3) is 0 Å². The van der Waals surface area contributed by atoms with E-state index < -0.39 is 16.0 Å². The van der Waals surface area contributed by atoms with Crippen molar-refractivity contribution >= 4 is 22.1 Å². The van der Waals surface area contributed by atoms with Crippen LogP contribution in [0.3, 0.4) is 0 Å². The van der Waals surface area contributed by atoms with Crippen LogP contribution in [-0.2, 0) is 14.8 Å². The number of rotatable bonds is 6. The van der Waals surface area contributed by atoms with Crippen molar-refractivity contribution in [1.82, 2.24) is 4.72 Å². The second kappa shape index (κ2) is 6.87. The van der Waals surface area contributed by atoms with Crippen LogP contribution < -0.4 is 4.72 Å². The zero-order chi connectivity index (χ0) is 16.2. The van der Waals surface area contributed by atoms with Crippen molar-refractivity contribution in [3.05, 3.63) is 35.4 Å². The summed E-state index contributed by atoms with van der Waals surface area (Å²) in [6, 6.07) is 4.45. The van der Waals surface area contributed by atoms with E-state index in [0.717, 1.165) is 6.08 Å². The Morgan fingerprint density at radius 3 is 2.38 bits per heavy atom. The van der Waals surface area contributed by atoms with Gasteiger partial charge >= 0.3 is 5.97 Å². The van der Waals surface area contributed by atoms with Crippen molar-refractivity contribution in [1.29, 1.82) is 0 Å². The maximum atomic E-state index is 12.3. The van der Waals surface area contributed by atoms with E-state index in [0.29, 0.717) is 11.1 Å². The Bertz CT molecular complexity index is 648. The number of carbonyl (C=O) groups is 1. The van der Waals surface area contributed by atoms with Gasteiger partial charge in [-0.1, -0.05) is 19.9 Å². The summed E-state index contributed by atoms with van der Waals surface area (Å²) in [6.07, 6.45) is 2.47. The SMILES string of the molecule is Cc1cc(S(=O)(=O)NC(C)C(C)C)ccc1C=CC(=O)O. The van der Waals surface area contributed by atoms with Crippen LogP contribution >= 0.6 is 0 Å². The minimum absolute atomic E-state index is 0.165. The minimum Gasteiger partial charge on any atom is -0.478 e. The van der Waals surface area contributed by atoms with Crippen LogP contribution in [0.1, 0.15) is 31.9 Å². The molecule has 0 heterocycles. The molecule has 5 nitrogen and oxygen atoms in total. The highest BCUT2D eigenvalue weighted by Crippen LogP contribution is 2.17. The standard InChI is InChI=1S/C15H21NO4S/c1-10(2)12(4)16-21(19,20)14-7-5-13(11(3)9-14)6-8-15(17)18/h5-10,12,16H,1-4H3,(H,17,18). The van der Waals surface area contributed by atoms with E-state index in [2.05, 4.69) is 4.72 Å². The molecule has 0 aliphatic heterocycles. The third-order valence-corrected chi connectivity index (χ3v) is 4.85. The summed E-state index contributed by atoms with van der Waals surface area (Å²) in [5.41, 5.74) is 1.38. The molecule has 0 radical (unpaired) electrons.